The monoisotopic (exact) mass is 232 g/mol. The van der Waals surface area contributed by atoms with E-state index in [4.69, 9.17) is 10.3 Å². The van der Waals surface area contributed by atoms with Gasteiger partial charge in [0.2, 0.25) is 5.88 Å². The Morgan fingerprint density at radius 3 is 2.76 bits per heavy atom. The molecule has 0 bridgehead atoms. The van der Waals surface area contributed by atoms with E-state index in [1.54, 1.807) is 18.2 Å². The van der Waals surface area contributed by atoms with Gasteiger partial charge in [-0.25, -0.2) is 4.39 Å². The minimum atomic E-state index is -0.294. The van der Waals surface area contributed by atoms with Crippen molar-refractivity contribution in [1.82, 2.24) is 5.16 Å². The Hall–Kier alpha value is -1.84. The Morgan fingerprint density at radius 2 is 2.12 bits per heavy atom. The second-order valence-electron chi connectivity index (χ2n) is 4.61. The molecule has 0 amide bonds. The van der Waals surface area contributed by atoms with Gasteiger partial charge in [-0.1, -0.05) is 30.3 Å². The summed E-state index contributed by atoms with van der Waals surface area (Å²) in [6, 6.07) is 6.56. The van der Waals surface area contributed by atoms with Crippen molar-refractivity contribution < 1.29 is 8.91 Å². The molecule has 4 heteroatoms. The van der Waals surface area contributed by atoms with Gasteiger partial charge in [-0.3, -0.25) is 0 Å². The number of rotatable bonds is 2. The fourth-order valence-corrected chi connectivity index (χ4v) is 2.21. The average molecular weight is 232 g/mol. The smallest absolute Gasteiger partial charge is 0.230 e. The number of aromatic nitrogens is 1. The van der Waals surface area contributed by atoms with Crippen LogP contribution in [-0.4, -0.2) is 5.16 Å². The number of nitrogens with zero attached hydrogens (tertiary/aromatic N) is 1. The van der Waals surface area contributed by atoms with Crippen LogP contribution in [0.5, 0.6) is 0 Å². The van der Waals surface area contributed by atoms with Crippen LogP contribution in [0.2, 0.25) is 0 Å². The number of nitrogen functional groups attached to an aromatic ring is 1. The van der Waals surface area contributed by atoms with Crippen molar-refractivity contribution in [1.29, 1.82) is 0 Å². The Morgan fingerprint density at radius 1 is 1.41 bits per heavy atom. The van der Waals surface area contributed by atoms with E-state index in [0.717, 1.165) is 12.1 Å². The van der Waals surface area contributed by atoms with Gasteiger partial charge in [-0.2, -0.15) is 0 Å². The molecule has 2 N–H and O–H groups in total. The largest absolute Gasteiger partial charge is 0.367 e. The first-order valence-corrected chi connectivity index (χ1v) is 5.68. The van der Waals surface area contributed by atoms with Crippen molar-refractivity contribution in [2.45, 2.75) is 19.3 Å². The van der Waals surface area contributed by atoms with E-state index in [-0.39, 0.29) is 11.7 Å². The maximum atomic E-state index is 13.8. The number of hydrogen-bond acceptors (Lipinski definition) is 3. The van der Waals surface area contributed by atoms with E-state index in [2.05, 4.69) is 12.1 Å². The normalized spacial score (nSPS) is 22.7. The molecule has 3 nitrogen and oxygen atoms in total. The summed E-state index contributed by atoms with van der Waals surface area (Å²) in [5, 5.41) is 3.98. The summed E-state index contributed by atoms with van der Waals surface area (Å²) in [6.07, 6.45) is 1.06. The molecule has 0 aliphatic heterocycles. The van der Waals surface area contributed by atoms with Crippen molar-refractivity contribution in [3.05, 3.63) is 35.8 Å². The Labute approximate surface area is 98.4 Å². The number of anilines is 1. The zero-order valence-corrected chi connectivity index (χ0v) is 9.48. The van der Waals surface area contributed by atoms with Crippen LogP contribution in [-0.2, 0) is 0 Å². The van der Waals surface area contributed by atoms with Crippen LogP contribution in [0, 0.1) is 11.7 Å². The molecule has 1 aromatic carbocycles. The highest BCUT2D eigenvalue weighted by Crippen LogP contribution is 2.50. The molecule has 1 aromatic heterocycles. The zero-order chi connectivity index (χ0) is 12.0. The second kappa shape index (κ2) is 3.58. The van der Waals surface area contributed by atoms with E-state index in [1.807, 2.05) is 0 Å². The van der Waals surface area contributed by atoms with Gasteiger partial charge < -0.3 is 10.3 Å². The molecule has 1 saturated carbocycles. The fourth-order valence-electron chi connectivity index (χ4n) is 2.21. The van der Waals surface area contributed by atoms with Gasteiger partial charge in [0, 0.05) is 11.5 Å². The summed E-state index contributed by atoms with van der Waals surface area (Å²) in [6.45, 7) is 2.14. The quantitative estimate of drug-likeness (QED) is 0.865. The highest BCUT2D eigenvalue weighted by atomic mass is 19.1. The van der Waals surface area contributed by atoms with Crippen molar-refractivity contribution in [3.8, 4) is 11.1 Å². The van der Waals surface area contributed by atoms with E-state index >= 15 is 0 Å². The van der Waals surface area contributed by atoms with Crippen LogP contribution in [0.4, 0.5) is 10.3 Å². The van der Waals surface area contributed by atoms with E-state index < -0.39 is 0 Å². The summed E-state index contributed by atoms with van der Waals surface area (Å²) in [5.41, 5.74) is 7.64. The van der Waals surface area contributed by atoms with Crippen molar-refractivity contribution in [2.75, 3.05) is 5.73 Å². The molecule has 1 aliphatic rings. The Balaban J connectivity index is 2.14. The first-order chi connectivity index (χ1) is 8.18. The van der Waals surface area contributed by atoms with Crippen LogP contribution in [0.15, 0.2) is 28.8 Å². The molecule has 0 saturated heterocycles. The molecule has 3 rings (SSSR count). The molecule has 17 heavy (non-hydrogen) atoms. The maximum absolute atomic E-state index is 13.8. The van der Waals surface area contributed by atoms with E-state index in [0.29, 0.717) is 23.0 Å². The third kappa shape index (κ3) is 1.60. The van der Waals surface area contributed by atoms with E-state index in [1.165, 1.54) is 6.07 Å². The van der Waals surface area contributed by atoms with Gasteiger partial charge in [0.15, 0.2) is 0 Å². The standard InChI is InChI=1S/C13H13FN2O/c1-7-6-9(7)12-11(13(15)17-16-12)8-4-2-3-5-10(8)14/h2-5,7,9H,6,15H2,1H3. The predicted octanol–water partition coefficient (Wildman–Crippen LogP) is 3.19. The minimum absolute atomic E-state index is 0.198. The van der Waals surface area contributed by atoms with Crippen LogP contribution in [0.3, 0.4) is 0 Å². The lowest BCUT2D eigenvalue weighted by atomic mass is 10.0. The molecule has 1 fully saturated rings. The SMILES string of the molecule is CC1CC1c1noc(N)c1-c1ccccc1F. The lowest BCUT2D eigenvalue weighted by molar-refractivity contribution is 0.427. The number of halogens is 1. The lowest BCUT2D eigenvalue weighted by Crippen LogP contribution is -1.92. The van der Waals surface area contributed by atoms with Crippen LogP contribution < -0.4 is 5.73 Å². The van der Waals surface area contributed by atoms with Gasteiger partial charge in [0.25, 0.3) is 0 Å². The summed E-state index contributed by atoms with van der Waals surface area (Å²) < 4.78 is 18.8. The van der Waals surface area contributed by atoms with E-state index in [9.17, 15) is 4.39 Å². The third-order valence-corrected chi connectivity index (χ3v) is 3.35. The fraction of sp³-hybridized carbons (Fsp3) is 0.308. The second-order valence-corrected chi connectivity index (χ2v) is 4.61. The van der Waals surface area contributed by atoms with Gasteiger partial charge in [-0.15, -0.1) is 0 Å². The zero-order valence-electron chi connectivity index (χ0n) is 9.48. The topological polar surface area (TPSA) is 52.0 Å². The minimum Gasteiger partial charge on any atom is -0.367 e. The highest BCUT2D eigenvalue weighted by molar-refractivity contribution is 5.76. The molecular weight excluding hydrogens is 219 g/mol. The van der Waals surface area contributed by atoms with Crippen LogP contribution in [0.1, 0.15) is 25.0 Å². The van der Waals surface area contributed by atoms with Crippen molar-refractivity contribution in [3.63, 3.8) is 0 Å². The first-order valence-electron chi connectivity index (χ1n) is 5.68. The highest BCUT2D eigenvalue weighted by Gasteiger charge is 2.39. The number of benzene rings is 1. The molecule has 0 radical (unpaired) electrons. The van der Waals surface area contributed by atoms with Gasteiger partial charge in [-0.05, 0) is 18.4 Å². The first kappa shape index (κ1) is 10.3. The summed E-state index contributed by atoms with van der Waals surface area (Å²) in [5.74, 6) is 0.830. The van der Waals surface area contributed by atoms with Gasteiger partial charge >= 0.3 is 0 Å². The lowest BCUT2D eigenvalue weighted by Gasteiger charge is -2.02. The Bertz CT molecular complexity index is 564. The summed E-state index contributed by atoms with van der Waals surface area (Å²) in [7, 11) is 0. The molecule has 0 spiro atoms. The van der Waals surface area contributed by atoms with Gasteiger partial charge in [0.1, 0.15) is 5.82 Å². The number of nitrogens with two attached hydrogens (primary N) is 1. The van der Waals surface area contributed by atoms with Crippen molar-refractivity contribution >= 4 is 5.88 Å². The molecule has 1 heterocycles. The molecule has 88 valence electrons. The molecule has 2 unspecified atom stereocenters. The average Bonchev–Trinajstić information content (AvgIpc) is 2.90. The molecule has 2 atom stereocenters. The molecule has 1 aliphatic carbocycles. The number of hydrogen-bond donors (Lipinski definition) is 1. The van der Waals surface area contributed by atoms with Crippen LogP contribution >= 0.6 is 0 Å². The summed E-state index contributed by atoms with van der Waals surface area (Å²) in [4.78, 5) is 0. The predicted molar refractivity (Wildman–Crippen MR) is 62.8 cm³/mol. The Kier molecular flexibility index (Phi) is 2.18. The van der Waals surface area contributed by atoms with Crippen molar-refractivity contribution in [2.24, 2.45) is 5.92 Å². The maximum Gasteiger partial charge on any atom is 0.230 e. The molecular formula is C13H13FN2O. The third-order valence-electron chi connectivity index (χ3n) is 3.35. The van der Waals surface area contributed by atoms with Crippen LogP contribution in [0.25, 0.3) is 11.1 Å². The van der Waals surface area contributed by atoms with Gasteiger partial charge in [0.05, 0.1) is 11.3 Å². The molecule has 2 aromatic rings. The summed E-state index contributed by atoms with van der Waals surface area (Å²) >= 11 is 0.